The third-order valence-electron chi connectivity index (χ3n) is 3.80. The zero-order valence-corrected chi connectivity index (χ0v) is 12.0. The molecule has 0 bridgehead atoms. The molecule has 0 spiro atoms. The highest BCUT2D eigenvalue weighted by Gasteiger charge is 2.41. The Labute approximate surface area is 126 Å². The third kappa shape index (κ3) is 2.98. The zero-order chi connectivity index (χ0) is 15.0. The number of hydrogen-bond acceptors (Lipinski definition) is 2. The molecule has 0 amide bonds. The van der Waals surface area contributed by atoms with Crippen molar-refractivity contribution in [2.75, 3.05) is 18.0 Å². The Morgan fingerprint density at radius 3 is 2.52 bits per heavy atom. The molecule has 1 aromatic carbocycles. The zero-order valence-electron chi connectivity index (χ0n) is 11.3. The maximum atomic E-state index is 12.8. The fraction of sp³-hybridized carbons (Fsp3) is 0.467. The van der Waals surface area contributed by atoms with E-state index in [4.69, 9.17) is 16.3 Å². The van der Waals surface area contributed by atoms with E-state index in [2.05, 4.69) is 4.90 Å². The van der Waals surface area contributed by atoms with Crippen LogP contribution in [0.4, 0.5) is 18.9 Å². The van der Waals surface area contributed by atoms with Crippen LogP contribution in [0.15, 0.2) is 18.2 Å². The summed E-state index contributed by atoms with van der Waals surface area (Å²) in [5.74, 6) is 0.241. The minimum atomic E-state index is -4.40. The summed E-state index contributed by atoms with van der Waals surface area (Å²) in [6.07, 6.45) is -0.547. The molecule has 0 N–H and O–H groups in total. The molecule has 0 aromatic heterocycles. The van der Waals surface area contributed by atoms with Crippen molar-refractivity contribution in [3.05, 3.63) is 28.8 Å². The number of rotatable bonds is 1. The molecule has 1 saturated heterocycles. The predicted octanol–water partition coefficient (Wildman–Crippen LogP) is 4.67. The molecule has 2 aliphatic heterocycles. The van der Waals surface area contributed by atoms with Crippen LogP contribution >= 0.6 is 11.6 Å². The van der Waals surface area contributed by atoms with Crippen LogP contribution in [-0.2, 0) is 0 Å². The van der Waals surface area contributed by atoms with E-state index in [-0.39, 0.29) is 5.75 Å². The number of alkyl halides is 3. The first-order chi connectivity index (χ1) is 9.95. The first kappa shape index (κ1) is 14.6. The predicted molar refractivity (Wildman–Crippen MR) is 77.0 cm³/mol. The molecule has 1 unspecified atom stereocenters. The van der Waals surface area contributed by atoms with Crippen molar-refractivity contribution in [2.45, 2.75) is 31.5 Å². The number of piperidine rings is 1. The second kappa shape index (κ2) is 5.44. The Balaban J connectivity index is 1.91. The molecule has 114 valence electrons. The van der Waals surface area contributed by atoms with Gasteiger partial charge in [-0.2, -0.15) is 13.2 Å². The highest BCUT2D eigenvalue weighted by molar-refractivity contribution is 6.33. The minimum absolute atomic E-state index is 0.241. The van der Waals surface area contributed by atoms with Crippen molar-refractivity contribution >= 4 is 23.4 Å². The van der Waals surface area contributed by atoms with E-state index < -0.39 is 12.3 Å². The average Bonchev–Trinajstić information content (AvgIpc) is 2.46. The van der Waals surface area contributed by atoms with Crippen LogP contribution in [0.25, 0.3) is 6.08 Å². The lowest BCUT2D eigenvalue weighted by Gasteiger charge is -2.31. The molecule has 3 rings (SSSR count). The molecule has 0 saturated carbocycles. The van der Waals surface area contributed by atoms with Crippen molar-refractivity contribution in [1.82, 2.24) is 0 Å². The fourth-order valence-corrected chi connectivity index (χ4v) is 3.00. The van der Waals surface area contributed by atoms with Crippen LogP contribution in [0, 0.1) is 0 Å². The number of anilines is 1. The van der Waals surface area contributed by atoms with Gasteiger partial charge >= 0.3 is 6.18 Å². The molecule has 1 atom stereocenters. The molecule has 0 aliphatic carbocycles. The molecule has 1 aromatic rings. The van der Waals surface area contributed by atoms with Crippen molar-refractivity contribution < 1.29 is 17.9 Å². The number of fused-ring (bicyclic) bond motifs is 1. The van der Waals surface area contributed by atoms with Crippen molar-refractivity contribution in [3.63, 3.8) is 0 Å². The molecule has 6 heteroatoms. The lowest BCUT2D eigenvalue weighted by molar-refractivity contribution is -0.180. The van der Waals surface area contributed by atoms with E-state index in [9.17, 15) is 13.2 Å². The van der Waals surface area contributed by atoms with Gasteiger partial charge in [-0.1, -0.05) is 17.7 Å². The Kier molecular flexibility index (Phi) is 3.78. The standard InChI is InChI=1S/C15H15ClF3NO/c16-11-8-10-4-5-14(15(17,18)19)21-13(10)9-12(11)20-6-2-1-3-7-20/h4-5,8-9,14H,1-3,6-7H2. The molecule has 0 radical (unpaired) electrons. The summed E-state index contributed by atoms with van der Waals surface area (Å²) in [6, 6.07) is 3.30. The van der Waals surface area contributed by atoms with Crippen molar-refractivity contribution in [3.8, 4) is 5.75 Å². The van der Waals surface area contributed by atoms with Crippen LogP contribution in [0.2, 0.25) is 5.02 Å². The Morgan fingerprint density at radius 1 is 1.14 bits per heavy atom. The van der Waals surface area contributed by atoms with Gasteiger partial charge < -0.3 is 9.64 Å². The van der Waals surface area contributed by atoms with Crippen LogP contribution in [-0.4, -0.2) is 25.4 Å². The molecule has 1 fully saturated rings. The highest BCUT2D eigenvalue weighted by atomic mass is 35.5. The average molecular weight is 318 g/mol. The molecule has 2 heterocycles. The first-order valence-electron chi connectivity index (χ1n) is 6.95. The number of hydrogen-bond donors (Lipinski definition) is 0. The summed E-state index contributed by atoms with van der Waals surface area (Å²) in [5.41, 5.74) is 1.34. The summed E-state index contributed by atoms with van der Waals surface area (Å²) in [7, 11) is 0. The van der Waals surface area contributed by atoms with Gasteiger partial charge in [0.1, 0.15) is 5.75 Å². The Hall–Kier alpha value is -1.36. The second-order valence-electron chi connectivity index (χ2n) is 5.33. The lowest BCUT2D eigenvalue weighted by Crippen LogP contribution is -2.34. The third-order valence-corrected chi connectivity index (χ3v) is 4.11. The van der Waals surface area contributed by atoms with E-state index in [0.717, 1.165) is 37.7 Å². The maximum Gasteiger partial charge on any atom is 0.429 e. The monoisotopic (exact) mass is 317 g/mol. The largest absolute Gasteiger partial charge is 0.476 e. The summed E-state index contributed by atoms with van der Waals surface area (Å²) in [4.78, 5) is 2.11. The van der Waals surface area contributed by atoms with E-state index >= 15 is 0 Å². The first-order valence-corrected chi connectivity index (χ1v) is 7.33. The quantitative estimate of drug-likeness (QED) is 0.746. The van der Waals surface area contributed by atoms with Crippen LogP contribution in [0.1, 0.15) is 24.8 Å². The van der Waals surface area contributed by atoms with Crippen LogP contribution < -0.4 is 9.64 Å². The fourth-order valence-electron chi connectivity index (χ4n) is 2.71. The number of nitrogens with zero attached hydrogens (tertiary/aromatic N) is 1. The van der Waals surface area contributed by atoms with Crippen molar-refractivity contribution in [2.24, 2.45) is 0 Å². The van der Waals surface area contributed by atoms with Gasteiger partial charge in [-0.25, -0.2) is 0 Å². The summed E-state index contributed by atoms with van der Waals surface area (Å²) >= 11 is 6.27. The van der Waals surface area contributed by atoms with E-state index in [0.29, 0.717) is 10.6 Å². The topological polar surface area (TPSA) is 12.5 Å². The van der Waals surface area contributed by atoms with E-state index in [1.54, 1.807) is 12.1 Å². The lowest BCUT2D eigenvalue weighted by atomic mass is 10.1. The SMILES string of the molecule is FC(F)(F)C1C=Cc2cc(Cl)c(N3CCCCC3)cc2O1. The van der Waals surface area contributed by atoms with Crippen LogP contribution in [0.5, 0.6) is 5.75 Å². The number of benzene rings is 1. The normalized spacial score (nSPS) is 21.9. The van der Waals surface area contributed by atoms with Gasteiger partial charge in [-0.05, 0) is 31.4 Å². The highest BCUT2D eigenvalue weighted by Crippen LogP contribution is 2.39. The van der Waals surface area contributed by atoms with Gasteiger partial charge in [0.05, 0.1) is 10.7 Å². The van der Waals surface area contributed by atoms with Gasteiger partial charge in [-0.3, -0.25) is 0 Å². The van der Waals surface area contributed by atoms with Gasteiger partial charge in [0.15, 0.2) is 0 Å². The maximum absolute atomic E-state index is 12.8. The van der Waals surface area contributed by atoms with Crippen LogP contribution in [0.3, 0.4) is 0 Å². The molecular formula is C15H15ClF3NO. The van der Waals surface area contributed by atoms with Gasteiger partial charge in [-0.15, -0.1) is 0 Å². The summed E-state index contributed by atoms with van der Waals surface area (Å²) in [5, 5.41) is 0.550. The summed E-state index contributed by atoms with van der Waals surface area (Å²) < 4.78 is 43.4. The van der Waals surface area contributed by atoms with E-state index in [1.807, 2.05) is 0 Å². The molecular weight excluding hydrogens is 303 g/mol. The number of halogens is 4. The van der Waals surface area contributed by atoms with Gasteiger partial charge in [0.2, 0.25) is 6.10 Å². The minimum Gasteiger partial charge on any atom is -0.476 e. The van der Waals surface area contributed by atoms with Gasteiger partial charge in [0, 0.05) is 24.7 Å². The second-order valence-corrected chi connectivity index (χ2v) is 5.74. The number of ether oxygens (including phenoxy) is 1. The van der Waals surface area contributed by atoms with Crippen molar-refractivity contribution in [1.29, 1.82) is 0 Å². The Bertz CT molecular complexity index is 565. The molecule has 21 heavy (non-hydrogen) atoms. The Morgan fingerprint density at radius 2 is 1.86 bits per heavy atom. The molecule has 2 nitrogen and oxygen atoms in total. The van der Waals surface area contributed by atoms with E-state index in [1.165, 1.54) is 12.5 Å². The summed E-state index contributed by atoms with van der Waals surface area (Å²) in [6.45, 7) is 1.74. The van der Waals surface area contributed by atoms with Gasteiger partial charge in [0.25, 0.3) is 0 Å². The smallest absolute Gasteiger partial charge is 0.429 e. The molecule has 2 aliphatic rings.